The highest BCUT2D eigenvalue weighted by molar-refractivity contribution is 4.77. The van der Waals surface area contributed by atoms with Gasteiger partial charge in [-0.25, -0.2) is 0 Å². The Hall–Kier alpha value is -0.340. The lowest BCUT2D eigenvalue weighted by atomic mass is 10.3. The minimum atomic E-state index is 0.316. The number of rotatable bonds is 7. The molecule has 0 radical (unpaired) electrons. The average Bonchev–Trinajstić information content (AvgIpc) is 2.03. The Morgan fingerprint density at radius 3 is 2.73 bits per heavy atom. The molecule has 0 bridgehead atoms. The van der Waals surface area contributed by atoms with Crippen LogP contribution in [0.25, 0.3) is 0 Å². The van der Waals surface area contributed by atoms with Crippen molar-refractivity contribution in [3.63, 3.8) is 0 Å². The number of aliphatic hydroxyl groups is 1. The third-order valence-electron chi connectivity index (χ3n) is 1.49. The number of unbranched alkanes of at least 4 members (excludes halogenated alkanes) is 1. The largest absolute Gasteiger partial charge is 0.396 e. The van der Waals surface area contributed by atoms with Crippen LogP contribution >= 0.6 is 0 Å². The van der Waals surface area contributed by atoms with Crippen molar-refractivity contribution >= 4 is 0 Å². The Balaban J connectivity index is 2.79. The van der Waals surface area contributed by atoms with Crippen LogP contribution in [0.1, 0.15) is 26.2 Å². The van der Waals surface area contributed by atoms with E-state index in [4.69, 9.17) is 5.11 Å². The van der Waals surface area contributed by atoms with Crippen LogP contribution in [0.3, 0.4) is 0 Å². The first-order chi connectivity index (χ1) is 5.41. The maximum atomic E-state index is 8.47. The molecular weight excluding hydrogens is 138 g/mol. The summed E-state index contributed by atoms with van der Waals surface area (Å²) in [5, 5.41) is 11.8. The van der Waals surface area contributed by atoms with Gasteiger partial charge in [0.1, 0.15) is 0 Å². The molecule has 2 N–H and O–H groups in total. The van der Waals surface area contributed by atoms with Gasteiger partial charge in [-0.1, -0.05) is 12.2 Å². The van der Waals surface area contributed by atoms with Crippen molar-refractivity contribution in [1.82, 2.24) is 5.32 Å². The van der Waals surface area contributed by atoms with Crippen molar-refractivity contribution in [1.29, 1.82) is 0 Å². The molecule has 66 valence electrons. The van der Waals surface area contributed by atoms with E-state index >= 15 is 0 Å². The summed E-state index contributed by atoms with van der Waals surface area (Å²) in [6.45, 7) is 4.43. The first kappa shape index (κ1) is 10.7. The Bertz CT molecular complexity index is 91.6. The highest BCUT2D eigenvalue weighted by Gasteiger charge is 1.85. The highest BCUT2D eigenvalue weighted by atomic mass is 16.2. The van der Waals surface area contributed by atoms with E-state index in [1.165, 1.54) is 0 Å². The van der Waals surface area contributed by atoms with Gasteiger partial charge in [0.15, 0.2) is 0 Å². The zero-order chi connectivity index (χ0) is 8.36. The second-order valence-corrected chi connectivity index (χ2v) is 2.54. The first-order valence-corrected chi connectivity index (χ1v) is 4.34. The SMILES string of the molecule is C/C=C/CCNCCCCO. The van der Waals surface area contributed by atoms with E-state index in [-0.39, 0.29) is 0 Å². The molecule has 2 heteroatoms. The lowest BCUT2D eigenvalue weighted by Crippen LogP contribution is -2.16. The van der Waals surface area contributed by atoms with Gasteiger partial charge in [-0.3, -0.25) is 0 Å². The molecule has 11 heavy (non-hydrogen) atoms. The first-order valence-electron chi connectivity index (χ1n) is 4.34. The van der Waals surface area contributed by atoms with Crippen LogP contribution in [0.4, 0.5) is 0 Å². The number of aliphatic hydroxyl groups excluding tert-OH is 1. The number of nitrogens with one attached hydrogen (secondary N) is 1. The second-order valence-electron chi connectivity index (χ2n) is 2.54. The summed E-state index contributed by atoms with van der Waals surface area (Å²) in [5.74, 6) is 0. The maximum absolute atomic E-state index is 8.47. The molecule has 2 nitrogen and oxygen atoms in total. The molecule has 0 amide bonds. The van der Waals surface area contributed by atoms with E-state index in [1.807, 2.05) is 6.92 Å². The summed E-state index contributed by atoms with van der Waals surface area (Å²) in [6, 6.07) is 0. The molecule has 0 fully saturated rings. The van der Waals surface area contributed by atoms with Gasteiger partial charge in [0.2, 0.25) is 0 Å². The van der Waals surface area contributed by atoms with Crippen molar-refractivity contribution in [2.75, 3.05) is 19.7 Å². The number of allylic oxidation sites excluding steroid dienone is 1. The standard InChI is InChI=1S/C9H19NO/c1-2-3-4-7-10-8-5-6-9-11/h2-3,10-11H,4-9H2,1H3/b3-2+. The van der Waals surface area contributed by atoms with Crippen molar-refractivity contribution in [3.8, 4) is 0 Å². The van der Waals surface area contributed by atoms with Crippen LogP contribution in [0.2, 0.25) is 0 Å². The summed E-state index contributed by atoms with van der Waals surface area (Å²) in [6.07, 6.45) is 7.31. The highest BCUT2D eigenvalue weighted by Crippen LogP contribution is 1.84. The van der Waals surface area contributed by atoms with Gasteiger partial charge >= 0.3 is 0 Å². The Morgan fingerprint density at radius 2 is 2.09 bits per heavy atom. The van der Waals surface area contributed by atoms with Gasteiger partial charge in [-0.2, -0.15) is 0 Å². The third kappa shape index (κ3) is 9.66. The average molecular weight is 157 g/mol. The Kier molecular flexibility index (Phi) is 9.36. The molecule has 0 heterocycles. The smallest absolute Gasteiger partial charge is 0.0431 e. The topological polar surface area (TPSA) is 32.3 Å². The predicted molar refractivity (Wildman–Crippen MR) is 48.6 cm³/mol. The third-order valence-corrected chi connectivity index (χ3v) is 1.49. The number of hydrogen-bond acceptors (Lipinski definition) is 2. The van der Waals surface area contributed by atoms with Gasteiger partial charge in [-0.15, -0.1) is 0 Å². The zero-order valence-electron chi connectivity index (χ0n) is 7.34. The van der Waals surface area contributed by atoms with Gasteiger partial charge in [0.05, 0.1) is 0 Å². The molecule has 0 aromatic carbocycles. The van der Waals surface area contributed by atoms with Crippen molar-refractivity contribution in [2.45, 2.75) is 26.2 Å². The normalized spacial score (nSPS) is 11.1. The predicted octanol–water partition coefficient (Wildman–Crippen LogP) is 1.31. The van der Waals surface area contributed by atoms with Gasteiger partial charge < -0.3 is 10.4 Å². The Labute approximate surface area is 69.3 Å². The van der Waals surface area contributed by atoms with Gasteiger partial charge in [-0.05, 0) is 39.3 Å². The lowest BCUT2D eigenvalue weighted by Gasteiger charge is -2.00. The van der Waals surface area contributed by atoms with Crippen molar-refractivity contribution in [3.05, 3.63) is 12.2 Å². The molecule has 0 rings (SSSR count). The van der Waals surface area contributed by atoms with Crippen molar-refractivity contribution < 1.29 is 5.11 Å². The van der Waals surface area contributed by atoms with E-state index in [2.05, 4.69) is 17.5 Å². The van der Waals surface area contributed by atoms with E-state index in [9.17, 15) is 0 Å². The van der Waals surface area contributed by atoms with E-state index in [1.54, 1.807) is 0 Å². The van der Waals surface area contributed by atoms with Crippen LogP contribution in [-0.2, 0) is 0 Å². The Morgan fingerprint density at radius 1 is 1.27 bits per heavy atom. The molecule has 0 spiro atoms. The summed E-state index contributed by atoms with van der Waals surface area (Å²) >= 11 is 0. The van der Waals surface area contributed by atoms with Crippen LogP contribution < -0.4 is 5.32 Å². The molecule has 0 aliphatic carbocycles. The zero-order valence-corrected chi connectivity index (χ0v) is 7.34. The fraction of sp³-hybridized carbons (Fsp3) is 0.778. The van der Waals surface area contributed by atoms with Crippen LogP contribution in [0.5, 0.6) is 0 Å². The molecule has 0 atom stereocenters. The summed E-state index contributed by atoms with van der Waals surface area (Å²) in [4.78, 5) is 0. The molecule has 0 saturated carbocycles. The number of hydrogen-bond donors (Lipinski definition) is 2. The van der Waals surface area contributed by atoms with E-state index < -0.39 is 0 Å². The molecule has 0 saturated heterocycles. The van der Waals surface area contributed by atoms with Gasteiger partial charge in [0.25, 0.3) is 0 Å². The van der Waals surface area contributed by atoms with Gasteiger partial charge in [0, 0.05) is 6.61 Å². The van der Waals surface area contributed by atoms with E-state index in [0.29, 0.717) is 6.61 Å². The molecule has 0 aliphatic rings. The summed E-state index contributed by atoms with van der Waals surface area (Å²) in [7, 11) is 0. The molecular formula is C9H19NO. The van der Waals surface area contributed by atoms with E-state index in [0.717, 1.165) is 32.4 Å². The minimum Gasteiger partial charge on any atom is -0.396 e. The summed E-state index contributed by atoms with van der Waals surface area (Å²) in [5.41, 5.74) is 0. The van der Waals surface area contributed by atoms with Crippen LogP contribution in [0, 0.1) is 0 Å². The minimum absolute atomic E-state index is 0.316. The molecule has 0 aliphatic heterocycles. The molecule has 0 aromatic heterocycles. The lowest BCUT2D eigenvalue weighted by molar-refractivity contribution is 0.284. The maximum Gasteiger partial charge on any atom is 0.0431 e. The monoisotopic (exact) mass is 157 g/mol. The fourth-order valence-corrected chi connectivity index (χ4v) is 0.839. The fourth-order valence-electron chi connectivity index (χ4n) is 0.839. The molecule has 0 unspecified atom stereocenters. The van der Waals surface area contributed by atoms with Crippen LogP contribution in [0.15, 0.2) is 12.2 Å². The van der Waals surface area contributed by atoms with Crippen molar-refractivity contribution in [2.24, 2.45) is 0 Å². The second kappa shape index (κ2) is 9.66. The quantitative estimate of drug-likeness (QED) is 0.431. The van der Waals surface area contributed by atoms with Crippen LogP contribution in [-0.4, -0.2) is 24.8 Å². The molecule has 0 aromatic rings. The summed E-state index contributed by atoms with van der Waals surface area (Å²) < 4.78 is 0.